The summed E-state index contributed by atoms with van der Waals surface area (Å²) in [5.74, 6) is 0. The van der Waals surface area contributed by atoms with E-state index < -0.39 is 0 Å². The Morgan fingerprint density at radius 2 is 1.65 bits per heavy atom. The van der Waals surface area contributed by atoms with Crippen LogP contribution in [0.3, 0.4) is 0 Å². The highest BCUT2D eigenvalue weighted by atomic mass is 32.1. The van der Waals surface area contributed by atoms with E-state index in [4.69, 9.17) is 17.2 Å². The van der Waals surface area contributed by atoms with Crippen molar-refractivity contribution in [1.29, 1.82) is 0 Å². The zero-order chi connectivity index (χ0) is 23.8. The molecule has 5 nitrogen and oxygen atoms in total. The molecule has 3 aromatic heterocycles. The minimum Gasteiger partial charge on any atom is -0.351 e. The lowest BCUT2D eigenvalue weighted by atomic mass is 9.96. The van der Waals surface area contributed by atoms with Crippen LogP contribution in [0.25, 0.3) is 0 Å². The number of hydrogen-bond acceptors (Lipinski definition) is 3. The summed E-state index contributed by atoms with van der Waals surface area (Å²) in [5.41, 5.74) is 9.49. The summed E-state index contributed by atoms with van der Waals surface area (Å²) in [6.45, 7) is 9.46. The maximum atomic E-state index is 5.92. The third-order valence-electron chi connectivity index (χ3n) is 6.60. The Balaban J connectivity index is 1.64. The van der Waals surface area contributed by atoms with Crippen LogP contribution in [0.1, 0.15) is 51.4 Å². The van der Waals surface area contributed by atoms with Crippen LogP contribution < -0.4 is 10.2 Å². The first kappa shape index (κ1) is 22.3. The first-order valence-corrected chi connectivity index (χ1v) is 12.0. The quantitative estimate of drug-likeness (QED) is 0.380. The summed E-state index contributed by atoms with van der Waals surface area (Å²) in [5, 5.41) is 4.32. The predicted molar refractivity (Wildman–Crippen MR) is 141 cm³/mol. The van der Waals surface area contributed by atoms with Gasteiger partial charge in [0.25, 0.3) is 0 Å². The molecule has 5 rings (SSSR count). The molecule has 4 heterocycles. The standard InChI is InChI=1S/C28H29N5S/c1-18-13-19(2)15-23(14-18)33-27(26(31-28(33)34)25-7-5-6-10-30-25)24-16-20(3)32(21(24)4)17-22-8-11-29-12-9-22/h5-16,26-27H,17H2,1-4H3,(H,31,34)/t26-,27-/m1/s1. The molecule has 0 aliphatic carbocycles. The van der Waals surface area contributed by atoms with E-state index in [0.717, 1.165) is 23.0 Å². The molecule has 4 aromatic rings. The average molecular weight is 468 g/mol. The van der Waals surface area contributed by atoms with E-state index in [9.17, 15) is 0 Å². The molecule has 0 radical (unpaired) electrons. The van der Waals surface area contributed by atoms with E-state index >= 15 is 0 Å². The third-order valence-corrected chi connectivity index (χ3v) is 6.92. The monoisotopic (exact) mass is 467 g/mol. The molecule has 2 atom stereocenters. The number of pyridine rings is 2. The van der Waals surface area contributed by atoms with Crippen molar-refractivity contribution in [3.05, 3.63) is 113 Å². The SMILES string of the molecule is Cc1cc(C)cc(N2C(=S)N[C@H](c3ccccn3)[C@H]2c2cc(C)n(Cc3ccncc3)c2C)c1. The van der Waals surface area contributed by atoms with Crippen molar-refractivity contribution in [2.75, 3.05) is 4.90 Å². The fourth-order valence-electron chi connectivity index (χ4n) is 5.08. The van der Waals surface area contributed by atoms with Crippen LogP contribution in [0, 0.1) is 27.7 Å². The maximum Gasteiger partial charge on any atom is 0.174 e. The molecule has 1 aliphatic heterocycles. The molecular formula is C28H29N5S. The first-order valence-electron chi connectivity index (χ1n) is 11.6. The lowest BCUT2D eigenvalue weighted by Crippen LogP contribution is -2.29. The zero-order valence-corrected chi connectivity index (χ0v) is 20.8. The molecule has 0 unspecified atom stereocenters. The van der Waals surface area contributed by atoms with Crippen molar-refractivity contribution in [3.63, 3.8) is 0 Å². The van der Waals surface area contributed by atoms with Gasteiger partial charge in [0.05, 0.1) is 17.8 Å². The number of rotatable bonds is 5. The number of aromatic nitrogens is 3. The van der Waals surface area contributed by atoms with E-state index in [2.05, 4.69) is 89.9 Å². The Kier molecular flexibility index (Phi) is 5.92. The van der Waals surface area contributed by atoms with Crippen molar-refractivity contribution < 1.29 is 0 Å². The number of anilines is 1. The van der Waals surface area contributed by atoms with Gasteiger partial charge in [-0.2, -0.15) is 0 Å². The largest absolute Gasteiger partial charge is 0.351 e. The van der Waals surface area contributed by atoms with E-state index in [1.165, 1.54) is 33.6 Å². The molecule has 0 saturated carbocycles. The summed E-state index contributed by atoms with van der Waals surface area (Å²) in [6, 6.07) is 19.1. The number of nitrogens with zero attached hydrogens (tertiary/aromatic N) is 4. The smallest absolute Gasteiger partial charge is 0.174 e. The summed E-state index contributed by atoms with van der Waals surface area (Å²) >= 11 is 5.92. The number of benzene rings is 1. The van der Waals surface area contributed by atoms with Gasteiger partial charge in [-0.25, -0.2) is 0 Å². The average Bonchev–Trinajstić information content (AvgIpc) is 3.30. The van der Waals surface area contributed by atoms with Gasteiger partial charge in [0.15, 0.2) is 5.11 Å². The highest BCUT2D eigenvalue weighted by Crippen LogP contribution is 2.43. The van der Waals surface area contributed by atoms with Gasteiger partial charge in [-0.15, -0.1) is 0 Å². The minimum atomic E-state index is -0.0515. The Morgan fingerprint density at radius 3 is 2.32 bits per heavy atom. The molecule has 172 valence electrons. The molecule has 6 heteroatoms. The van der Waals surface area contributed by atoms with Crippen molar-refractivity contribution in [2.45, 2.75) is 46.3 Å². The van der Waals surface area contributed by atoms with Gasteiger partial charge in [-0.1, -0.05) is 12.1 Å². The minimum absolute atomic E-state index is 0.0130. The fraction of sp³-hybridized carbons (Fsp3) is 0.250. The van der Waals surface area contributed by atoms with Gasteiger partial charge >= 0.3 is 0 Å². The molecule has 0 spiro atoms. The molecule has 1 fully saturated rings. The normalized spacial score (nSPS) is 17.8. The van der Waals surface area contributed by atoms with Crippen LogP contribution >= 0.6 is 12.2 Å². The summed E-state index contributed by atoms with van der Waals surface area (Å²) in [7, 11) is 0. The van der Waals surface area contributed by atoms with E-state index in [1.807, 2.05) is 30.7 Å². The maximum absolute atomic E-state index is 5.92. The molecule has 0 amide bonds. The van der Waals surface area contributed by atoms with Crippen LogP contribution in [-0.2, 0) is 6.54 Å². The van der Waals surface area contributed by atoms with Gasteiger partial charge in [0.2, 0.25) is 0 Å². The van der Waals surface area contributed by atoms with Crippen LogP contribution in [-0.4, -0.2) is 19.6 Å². The molecule has 34 heavy (non-hydrogen) atoms. The van der Waals surface area contributed by atoms with Crippen LogP contribution in [0.2, 0.25) is 0 Å². The summed E-state index contributed by atoms with van der Waals surface area (Å²) in [6.07, 6.45) is 5.55. The Morgan fingerprint density at radius 1 is 0.912 bits per heavy atom. The highest BCUT2D eigenvalue weighted by Gasteiger charge is 2.42. The van der Waals surface area contributed by atoms with Crippen LogP contribution in [0.15, 0.2) is 73.2 Å². The Hall–Kier alpha value is -3.51. The summed E-state index contributed by atoms with van der Waals surface area (Å²) in [4.78, 5) is 11.1. The third kappa shape index (κ3) is 4.10. The predicted octanol–water partition coefficient (Wildman–Crippen LogP) is 5.74. The number of aryl methyl sites for hydroxylation is 3. The molecule has 0 bridgehead atoms. The van der Waals surface area contributed by atoms with Crippen molar-refractivity contribution in [2.24, 2.45) is 0 Å². The molecule has 1 aromatic carbocycles. The molecular weight excluding hydrogens is 438 g/mol. The van der Waals surface area contributed by atoms with Crippen molar-refractivity contribution >= 4 is 23.0 Å². The topological polar surface area (TPSA) is 46.0 Å². The number of hydrogen-bond donors (Lipinski definition) is 1. The van der Waals surface area contributed by atoms with E-state index in [0.29, 0.717) is 0 Å². The fourth-order valence-corrected chi connectivity index (χ4v) is 5.43. The Bertz CT molecular complexity index is 1310. The first-order chi connectivity index (χ1) is 16.4. The van der Waals surface area contributed by atoms with Crippen molar-refractivity contribution in [1.82, 2.24) is 19.9 Å². The summed E-state index contributed by atoms with van der Waals surface area (Å²) < 4.78 is 2.38. The number of nitrogens with one attached hydrogen (secondary N) is 1. The van der Waals surface area contributed by atoms with Gasteiger partial charge in [-0.05, 0) is 105 Å². The zero-order valence-electron chi connectivity index (χ0n) is 20.0. The lowest BCUT2D eigenvalue weighted by Gasteiger charge is -2.29. The molecule has 1 N–H and O–H groups in total. The second kappa shape index (κ2) is 9.03. The second-order valence-electron chi connectivity index (χ2n) is 9.11. The van der Waals surface area contributed by atoms with Gasteiger partial charge in [0.1, 0.15) is 0 Å². The van der Waals surface area contributed by atoms with Gasteiger partial charge < -0.3 is 14.8 Å². The molecule has 1 saturated heterocycles. The van der Waals surface area contributed by atoms with E-state index in [-0.39, 0.29) is 12.1 Å². The second-order valence-corrected chi connectivity index (χ2v) is 9.50. The van der Waals surface area contributed by atoms with Gasteiger partial charge in [-0.3, -0.25) is 9.97 Å². The number of thiocarbonyl (C=S) groups is 1. The van der Waals surface area contributed by atoms with E-state index in [1.54, 1.807) is 0 Å². The van der Waals surface area contributed by atoms with Gasteiger partial charge in [0, 0.05) is 42.2 Å². The van der Waals surface area contributed by atoms with Crippen LogP contribution in [0.4, 0.5) is 5.69 Å². The Labute approximate surface area is 206 Å². The highest BCUT2D eigenvalue weighted by molar-refractivity contribution is 7.80. The molecule has 1 aliphatic rings. The van der Waals surface area contributed by atoms with Crippen LogP contribution in [0.5, 0.6) is 0 Å². The lowest BCUT2D eigenvalue weighted by molar-refractivity contribution is 0.563. The van der Waals surface area contributed by atoms with Crippen molar-refractivity contribution in [3.8, 4) is 0 Å².